The Morgan fingerprint density at radius 3 is 2.57 bits per heavy atom. The van der Waals surface area contributed by atoms with E-state index in [1.807, 2.05) is 0 Å². The number of hydrogen-bond donors (Lipinski definition) is 1. The van der Waals surface area contributed by atoms with Crippen molar-refractivity contribution >= 4 is 0 Å². The molecule has 2 saturated heterocycles. The number of nitrogens with zero attached hydrogens (tertiary/aromatic N) is 3. The molecule has 3 rings (SSSR count). The van der Waals surface area contributed by atoms with Gasteiger partial charge in [0.25, 0.3) is 0 Å². The Hall–Kier alpha value is -0.940. The van der Waals surface area contributed by atoms with Gasteiger partial charge in [-0.1, -0.05) is 25.9 Å². The van der Waals surface area contributed by atoms with Crippen LogP contribution in [-0.2, 0) is 6.54 Å². The van der Waals surface area contributed by atoms with E-state index in [9.17, 15) is 0 Å². The summed E-state index contributed by atoms with van der Waals surface area (Å²) < 4.78 is 5.44. The van der Waals surface area contributed by atoms with Crippen LogP contribution in [-0.4, -0.2) is 39.7 Å². The highest BCUT2D eigenvalue weighted by Gasteiger charge is 2.36. The van der Waals surface area contributed by atoms with E-state index in [4.69, 9.17) is 4.52 Å². The molecule has 1 aromatic rings. The smallest absolute Gasteiger partial charge is 0.240 e. The van der Waals surface area contributed by atoms with Crippen molar-refractivity contribution in [1.29, 1.82) is 0 Å². The summed E-state index contributed by atoms with van der Waals surface area (Å²) in [6, 6.07) is 2.11. The number of rotatable bonds is 6. The van der Waals surface area contributed by atoms with Crippen molar-refractivity contribution in [3.63, 3.8) is 0 Å². The van der Waals surface area contributed by atoms with Gasteiger partial charge in [-0.3, -0.25) is 4.90 Å². The molecule has 0 spiro atoms. The van der Waals surface area contributed by atoms with Crippen LogP contribution in [0.5, 0.6) is 0 Å². The molecule has 2 atom stereocenters. The van der Waals surface area contributed by atoms with Crippen molar-refractivity contribution in [2.24, 2.45) is 0 Å². The molecule has 2 fully saturated rings. The van der Waals surface area contributed by atoms with Gasteiger partial charge in [0, 0.05) is 24.0 Å². The molecule has 0 aromatic carbocycles. The monoisotopic (exact) mass is 292 g/mol. The van der Waals surface area contributed by atoms with Crippen LogP contribution in [0.4, 0.5) is 0 Å². The van der Waals surface area contributed by atoms with Gasteiger partial charge in [0.2, 0.25) is 5.89 Å². The van der Waals surface area contributed by atoms with Crippen LogP contribution in [0, 0.1) is 0 Å². The van der Waals surface area contributed by atoms with Crippen molar-refractivity contribution in [1.82, 2.24) is 20.4 Å². The lowest BCUT2D eigenvalue weighted by atomic mass is 9.98. The largest absolute Gasteiger partial charge is 0.338 e. The lowest BCUT2D eigenvalue weighted by Crippen LogP contribution is -2.48. The van der Waals surface area contributed by atoms with E-state index in [0.29, 0.717) is 12.0 Å². The molecular weight excluding hydrogens is 264 g/mol. The normalized spacial score (nSPS) is 28.7. The molecule has 0 amide bonds. The lowest BCUT2D eigenvalue weighted by molar-refractivity contribution is 0.119. The zero-order valence-corrected chi connectivity index (χ0v) is 13.5. The first-order valence-electron chi connectivity index (χ1n) is 8.48. The topological polar surface area (TPSA) is 54.2 Å². The highest BCUT2D eigenvalue weighted by Crippen LogP contribution is 2.30. The molecule has 5 heteroatoms. The second kappa shape index (κ2) is 6.44. The van der Waals surface area contributed by atoms with E-state index in [0.717, 1.165) is 36.9 Å². The molecule has 1 aromatic heterocycles. The second-order valence-electron chi connectivity index (χ2n) is 6.93. The number of fused-ring (bicyclic) bond motifs is 2. The number of nitrogens with one attached hydrogen (secondary N) is 1. The Morgan fingerprint density at radius 2 is 2.00 bits per heavy atom. The third kappa shape index (κ3) is 3.46. The minimum absolute atomic E-state index is 0.330. The van der Waals surface area contributed by atoms with Crippen LogP contribution in [0.2, 0.25) is 0 Å². The molecule has 1 N–H and O–H groups in total. The van der Waals surface area contributed by atoms with E-state index in [-0.39, 0.29) is 0 Å². The highest BCUT2D eigenvalue weighted by molar-refractivity contribution is 4.97. The minimum Gasteiger partial charge on any atom is -0.338 e. The van der Waals surface area contributed by atoms with Crippen LogP contribution < -0.4 is 5.32 Å². The number of piperidine rings is 1. The van der Waals surface area contributed by atoms with Crippen LogP contribution in [0.25, 0.3) is 0 Å². The van der Waals surface area contributed by atoms with Gasteiger partial charge in [-0.15, -0.1) is 0 Å². The Bertz CT molecular complexity index is 447. The first-order valence-corrected chi connectivity index (χ1v) is 8.48. The van der Waals surface area contributed by atoms with E-state index in [1.165, 1.54) is 32.1 Å². The molecular formula is C16H28N4O. The predicted molar refractivity (Wildman–Crippen MR) is 82.1 cm³/mol. The fourth-order valence-corrected chi connectivity index (χ4v) is 3.74. The van der Waals surface area contributed by atoms with Crippen molar-refractivity contribution in [2.45, 2.75) is 83.5 Å². The van der Waals surface area contributed by atoms with Crippen molar-refractivity contribution in [3.8, 4) is 0 Å². The standard InChI is InChI=1S/C16H28N4O/c1-4-7-20(10-15-18-16(11(2)3)19-21-15)14-8-12-5-6-13(9-14)17-12/h11-14,17H,4-10H2,1-3H3. The summed E-state index contributed by atoms with van der Waals surface area (Å²) in [6.07, 6.45) is 6.39. The maximum atomic E-state index is 5.44. The molecule has 2 unspecified atom stereocenters. The van der Waals surface area contributed by atoms with Crippen LogP contribution in [0.15, 0.2) is 4.52 Å². The first kappa shape index (κ1) is 15.0. The van der Waals surface area contributed by atoms with E-state index in [2.05, 4.69) is 41.1 Å². The van der Waals surface area contributed by atoms with Gasteiger partial charge in [0.05, 0.1) is 6.54 Å². The van der Waals surface area contributed by atoms with Gasteiger partial charge in [-0.05, 0) is 38.6 Å². The van der Waals surface area contributed by atoms with E-state index < -0.39 is 0 Å². The molecule has 2 aliphatic rings. The predicted octanol–water partition coefficient (Wildman–Crippen LogP) is 2.69. The average Bonchev–Trinajstić information content (AvgIpc) is 3.05. The Balaban J connectivity index is 1.66. The molecule has 3 heterocycles. The first-order chi connectivity index (χ1) is 10.2. The third-order valence-electron chi connectivity index (χ3n) is 4.81. The van der Waals surface area contributed by atoms with E-state index in [1.54, 1.807) is 0 Å². The van der Waals surface area contributed by atoms with Crippen molar-refractivity contribution < 1.29 is 4.52 Å². The lowest BCUT2D eigenvalue weighted by Gasteiger charge is -2.37. The van der Waals surface area contributed by atoms with Gasteiger partial charge in [0.15, 0.2) is 5.82 Å². The number of aromatic nitrogens is 2. The zero-order chi connectivity index (χ0) is 14.8. The molecule has 0 saturated carbocycles. The molecule has 5 nitrogen and oxygen atoms in total. The van der Waals surface area contributed by atoms with Gasteiger partial charge >= 0.3 is 0 Å². The molecule has 118 valence electrons. The zero-order valence-electron chi connectivity index (χ0n) is 13.5. The van der Waals surface area contributed by atoms with Gasteiger partial charge in [-0.25, -0.2) is 0 Å². The minimum atomic E-state index is 0.330. The summed E-state index contributed by atoms with van der Waals surface area (Å²) in [6.45, 7) is 8.36. The second-order valence-corrected chi connectivity index (χ2v) is 6.93. The van der Waals surface area contributed by atoms with E-state index >= 15 is 0 Å². The van der Waals surface area contributed by atoms with Crippen LogP contribution in [0.3, 0.4) is 0 Å². The molecule has 21 heavy (non-hydrogen) atoms. The summed E-state index contributed by atoms with van der Waals surface area (Å²) in [5.74, 6) is 1.93. The fourth-order valence-electron chi connectivity index (χ4n) is 3.74. The molecule has 0 radical (unpaired) electrons. The Morgan fingerprint density at radius 1 is 1.29 bits per heavy atom. The fraction of sp³-hybridized carbons (Fsp3) is 0.875. The SMILES string of the molecule is CCCN(Cc1nc(C(C)C)no1)C1CC2CCC(C1)N2. The van der Waals surface area contributed by atoms with Gasteiger partial charge < -0.3 is 9.84 Å². The molecule has 2 bridgehead atoms. The molecule has 2 aliphatic heterocycles. The Labute approximate surface area is 127 Å². The van der Waals surface area contributed by atoms with Crippen LogP contribution in [0.1, 0.15) is 70.5 Å². The summed E-state index contributed by atoms with van der Waals surface area (Å²) in [5.41, 5.74) is 0. The summed E-state index contributed by atoms with van der Waals surface area (Å²) in [7, 11) is 0. The van der Waals surface area contributed by atoms with Gasteiger partial charge in [0.1, 0.15) is 0 Å². The average molecular weight is 292 g/mol. The third-order valence-corrected chi connectivity index (χ3v) is 4.81. The summed E-state index contributed by atoms with van der Waals surface area (Å²) in [4.78, 5) is 7.10. The maximum Gasteiger partial charge on any atom is 0.240 e. The van der Waals surface area contributed by atoms with Crippen molar-refractivity contribution in [3.05, 3.63) is 11.7 Å². The van der Waals surface area contributed by atoms with Crippen molar-refractivity contribution in [2.75, 3.05) is 6.54 Å². The summed E-state index contributed by atoms with van der Waals surface area (Å²) >= 11 is 0. The molecule has 0 aliphatic carbocycles. The Kier molecular flexibility index (Phi) is 4.60. The van der Waals surface area contributed by atoms with Crippen LogP contribution >= 0.6 is 0 Å². The maximum absolute atomic E-state index is 5.44. The summed E-state index contributed by atoms with van der Waals surface area (Å²) in [5, 5.41) is 7.81. The highest BCUT2D eigenvalue weighted by atomic mass is 16.5. The van der Waals surface area contributed by atoms with Gasteiger partial charge in [-0.2, -0.15) is 4.98 Å². The quantitative estimate of drug-likeness (QED) is 0.873. The number of hydrogen-bond acceptors (Lipinski definition) is 5.